The molecule has 2 N–H and O–H groups in total. The Morgan fingerprint density at radius 2 is 1.86 bits per heavy atom. The van der Waals surface area contributed by atoms with Crippen molar-refractivity contribution in [3.05, 3.63) is 66.1 Å². The van der Waals surface area contributed by atoms with E-state index in [0.717, 1.165) is 16.8 Å². The minimum absolute atomic E-state index is 0.253. The normalized spacial score (nSPS) is 10.6. The molecule has 0 saturated carbocycles. The summed E-state index contributed by atoms with van der Waals surface area (Å²) in [6.07, 6.45) is 1.74. The number of hydrogen-bond acceptors (Lipinski definition) is 3. The fourth-order valence-corrected chi connectivity index (χ4v) is 2.30. The van der Waals surface area contributed by atoms with Crippen LogP contribution in [0, 0.1) is 5.82 Å². The summed E-state index contributed by atoms with van der Waals surface area (Å²) in [5.74, 6) is 0.675. The molecule has 3 aromatic rings. The van der Waals surface area contributed by atoms with Crippen LogP contribution in [-0.4, -0.2) is 14.7 Å². The molecule has 3 rings (SSSR count). The van der Waals surface area contributed by atoms with E-state index in [4.69, 9.17) is 0 Å². The number of aromatic nitrogens is 2. The Hall–Kier alpha value is -2.82. The molecule has 0 radical (unpaired) electrons. The molecule has 0 aliphatic heterocycles. The molecule has 1 heterocycles. The number of imidazole rings is 1. The van der Waals surface area contributed by atoms with E-state index >= 15 is 0 Å². The number of aromatic hydroxyl groups is 1. The molecule has 0 amide bonds. The van der Waals surface area contributed by atoms with E-state index in [1.807, 2.05) is 23.7 Å². The first kappa shape index (κ1) is 14.1. The zero-order valence-corrected chi connectivity index (χ0v) is 12.1. The van der Waals surface area contributed by atoms with E-state index in [1.54, 1.807) is 30.5 Å². The van der Waals surface area contributed by atoms with Gasteiger partial charge in [-0.3, -0.25) is 0 Å². The quantitative estimate of drug-likeness (QED) is 0.774. The van der Waals surface area contributed by atoms with Crippen LogP contribution in [0.2, 0.25) is 0 Å². The van der Waals surface area contributed by atoms with Gasteiger partial charge < -0.3 is 15.0 Å². The van der Waals surface area contributed by atoms with Crippen LogP contribution in [0.3, 0.4) is 0 Å². The molecule has 112 valence electrons. The number of nitrogens with one attached hydrogen (secondary N) is 1. The van der Waals surface area contributed by atoms with E-state index in [-0.39, 0.29) is 11.6 Å². The molecule has 1 aromatic heterocycles. The van der Waals surface area contributed by atoms with Crippen LogP contribution in [0.5, 0.6) is 5.75 Å². The fourth-order valence-electron chi connectivity index (χ4n) is 2.30. The zero-order valence-electron chi connectivity index (χ0n) is 12.1. The summed E-state index contributed by atoms with van der Waals surface area (Å²) in [5, 5.41) is 13.0. The van der Waals surface area contributed by atoms with Gasteiger partial charge >= 0.3 is 0 Å². The lowest BCUT2D eigenvalue weighted by molar-refractivity contribution is 0.469. The molecule has 5 heteroatoms. The van der Waals surface area contributed by atoms with Crippen LogP contribution in [0.15, 0.2) is 54.7 Å². The van der Waals surface area contributed by atoms with Gasteiger partial charge in [0.2, 0.25) is 5.95 Å². The largest absolute Gasteiger partial charge is 0.508 e. The van der Waals surface area contributed by atoms with Crippen LogP contribution >= 0.6 is 0 Å². The number of benzene rings is 2. The van der Waals surface area contributed by atoms with Gasteiger partial charge in [0.25, 0.3) is 0 Å². The van der Waals surface area contributed by atoms with Gasteiger partial charge in [0.1, 0.15) is 11.6 Å². The maximum absolute atomic E-state index is 13.0. The van der Waals surface area contributed by atoms with Gasteiger partial charge in [-0.2, -0.15) is 0 Å². The number of hydrogen-bond donors (Lipinski definition) is 2. The predicted molar refractivity (Wildman–Crippen MR) is 84.0 cm³/mol. The minimum Gasteiger partial charge on any atom is -0.508 e. The summed E-state index contributed by atoms with van der Waals surface area (Å²) >= 11 is 0. The minimum atomic E-state index is -0.260. The number of anilines is 1. The molecule has 0 saturated heterocycles. The maximum Gasteiger partial charge on any atom is 0.203 e. The van der Waals surface area contributed by atoms with E-state index in [1.165, 1.54) is 12.1 Å². The zero-order chi connectivity index (χ0) is 15.5. The van der Waals surface area contributed by atoms with Crippen molar-refractivity contribution in [2.24, 2.45) is 7.05 Å². The topological polar surface area (TPSA) is 50.1 Å². The van der Waals surface area contributed by atoms with E-state index in [0.29, 0.717) is 12.5 Å². The van der Waals surface area contributed by atoms with Gasteiger partial charge in [-0.05, 0) is 30.3 Å². The van der Waals surface area contributed by atoms with Crippen molar-refractivity contribution in [2.45, 2.75) is 6.54 Å². The Morgan fingerprint density at radius 1 is 1.14 bits per heavy atom. The highest BCUT2D eigenvalue weighted by molar-refractivity contribution is 5.61. The average Bonchev–Trinajstić information content (AvgIpc) is 2.88. The van der Waals surface area contributed by atoms with Gasteiger partial charge in [0, 0.05) is 24.7 Å². The number of phenols is 1. The Balaban J connectivity index is 1.79. The average molecular weight is 297 g/mol. The maximum atomic E-state index is 13.0. The Labute approximate surface area is 127 Å². The van der Waals surface area contributed by atoms with Crippen LogP contribution in [0.25, 0.3) is 11.3 Å². The van der Waals surface area contributed by atoms with Crippen LogP contribution in [-0.2, 0) is 13.6 Å². The number of phenolic OH excluding ortho intramolecular Hbond substituents is 1. The molecule has 0 aliphatic carbocycles. The van der Waals surface area contributed by atoms with E-state index in [2.05, 4.69) is 10.3 Å². The van der Waals surface area contributed by atoms with Gasteiger partial charge in [0.15, 0.2) is 0 Å². The summed E-state index contributed by atoms with van der Waals surface area (Å²) in [4.78, 5) is 4.34. The first-order valence-electron chi connectivity index (χ1n) is 6.93. The molecule has 0 bridgehead atoms. The monoisotopic (exact) mass is 297 g/mol. The van der Waals surface area contributed by atoms with Crippen molar-refractivity contribution < 1.29 is 9.50 Å². The lowest BCUT2D eigenvalue weighted by Gasteiger charge is -2.09. The van der Waals surface area contributed by atoms with Gasteiger partial charge in [0.05, 0.1) is 11.9 Å². The lowest BCUT2D eigenvalue weighted by atomic mass is 10.2. The van der Waals surface area contributed by atoms with Crippen LogP contribution < -0.4 is 5.32 Å². The van der Waals surface area contributed by atoms with Crippen molar-refractivity contribution >= 4 is 5.95 Å². The Kier molecular flexibility index (Phi) is 3.78. The SMILES string of the molecule is Cn1c(-c2ccc(F)cc2)cnc1NCc1ccccc1O. The third-order valence-electron chi connectivity index (χ3n) is 3.56. The van der Waals surface area contributed by atoms with Crippen molar-refractivity contribution in [3.63, 3.8) is 0 Å². The second kappa shape index (κ2) is 5.89. The van der Waals surface area contributed by atoms with Crippen molar-refractivity contribution in [1.29, 1.82) is 0 Å². The van der Waals surface area contributed by atoms with E-state index in [9.17, 15) is 9.50 Å². The molecule has 4 nitrogen and oxygen atoms in total. The van der Waals surface area contributed by atoms with Gasteiger partial charge in [-0.1, -0.05) is 18.2 Å². The van der Waals surface area contributed by atoms with Crippen molar-refractivity contribution in [3.8, 4) is 17.0 Å². The third-order valence-corrected chi connectivity index (χ3v) is 3.56. The smallest absolute Gasteiger partial charge is 0.203 e. The molecular formula is C17H16FN3O. The van der Waals surface area contributed by atoms with E-state index < -0.39 is 0 Å². The van der Waals surface area contributed by atoms with Crippen molar-refractivity contribution in [1.82, 2.24) is 9.55 Å². The molecular weight excluding hydrogens is 281 g/mol. The Morgan fingerprint density at radius 3 is 2.59 bits per heavy atom. The fraction of sp³-hybridized carbons (Fsp3) is 0.118. The molecule has 0 aliphatic rings. The number of nitrogens with zero attached hydrogens (tertiary/aromatic N) is 2. The second-order valence-corrected chi connectivity index (χ2v) is 5.02. The highest BCUT2D eigenvalue weighted by Gasteiger charge is 2.09. The van der Waals surface area contributed by atoms with Crippen LogP contribution in [0.1, 0.15) is 5.56 Å². The van der Waals surface area contributed by atoms with Crippen LogP contribution in [0.4, 0.5) is 10.3 Å². The molecule has 22 heavy (non-hydrogen) atoms. The number of halogens is 1. The standard InChI is InChI=1S/C17H16FN3O/c1-21-15(12-6-8-14(18)9-7-12)11-20-17(21)19-10-13-4-2-3-5-16(13)22/h2-9,11,22H,10H2,1H3,(H,19,20). The second-order valence-electron chi connectivity index (χ2n) is 5.02. The molecule has 0 unspecified atom stereocenters. The summed E-state index contributed by atoms with van der Waals surface area (Å²) in [6, 6.07) is 13.5. The summed E-state index contributed by atoms with van der Waals surface area (Å²) in [5.41, 5.74) is 2.58. The third kappa shape index (κ3) is 2.79. The Bertz CT molecular complexity index is 781. The van der Waals surface area contributed by atoms with Gasteiger partial charge in [-0.15, -0.1) is 0 Å². The highest BCUT2D eigenvalue weighted by Crippen LogP contribution is 2.23. The predicted octanol–water partition coefficient (Wildman–Crippen LogP) is 3.54. The lowest BCUT2D eigenvalue weighted by Crippen LogP contribution is -2.05. The summed E-state index contributed by atoms with van der Waals surface area (Å²) in [7, 11) is 1.89. The number of rotatable bonds is 4. The summed E-state index contributed by atoms with van der Waals surface area (Å²) < 4.78 is 14.9. The molecule has 0 atom stereocenters. The van der Waals surface area contributed by atoms with Crippen molar-refractivity contribution in [2.75, 3.05) is 5.32 Å². The first-order valence-corrected chi connectivity index (χ1v) is 6.93. The first-order chi connectivity index (χ1) is 10.6. The number of para-hydroxylation sites is 1. The molecule has 0 spiro atoms. The molecule has 0 fully saturated rings. The highest BCUT2D eigenvalue weighted by atomic mass is 19.1. The molecule has 2 aromatic carbocycles. The van der Waals surface area contributed by atoms with Gasteiger partial charge in [-0.25, -0.2) is 9.37 Å². The summed E-state index contributed by atoms with van der Waals surface area (Å²) in [6.45, 7) is 0.473.